The first-order valence-corrected chi connectivity index (χ1v) is 21.1. The Hall–Kier alpha value is -6.42. The summed E-state index contributed by atoms with van der Waals surface area (Å²) < 4.78 is 57.0. The van der Waals surface area contributed by atoms with Gasteiger partial charge >= 0.3 is 0 Å². The summed E-state index contributed by atoms with van der Waals surface area (Å²) in [5.41, 5.74) is 3.32. The molecule has 2 aliphatic heterocycles. The van der Waals surface area contributed by atoms with E-state index in [-0.39, 0.29) is 21.7 Å². The van der Waals surface area contributed by atoms with Gasteiger partial charge in [-0.3, -0.25) is 0 Å². The van der Waals surface area contributed by atoms with Gasteiger partial charge in [-0.05, 0) is 59.7 Å². The molecule has 6 aromatic rings. The maximum absolute atomic E-state index is 12.7. The summed E-state index contributed by atoms with van der Waals surface area (Å²) in [6, 6.07) is 28.8. The zero-order valence-electron chi connectivity index (χ0n) is 32.0. The number of nitrogens with one attached hydrogen (secondary N) is 4. The molecular formula is C40H40N12O6S2. The van der Waals surface area contributed by atoms with Crippen LogP contribution in [0.25, 0.3) is 12.2 Å². The highest BCUT2D eigenvalue weighted by atomic mass is 32.2. The molecular weight excluding hydrogens is 809 g/mol. The standard InChI is InChI=1S/C40H40N12O6S2/c53-59(54)33-25-31(43-37-45-35(41-29-7-3-1-4-8-29)47-39(49-37)51-17-21-57-22-18-51)15-13-27(33)11-12-28-14-16-32(26-34(28)60(55)56)44-38-46-36(42-30-9-5-2-6-10-30)48-40(50-38)52-19-23-58-24-20-52/h1-16,25-26H,17-24H2,(H,53,54)(H,55,56)(H2,41,43,45,47,49)(H2,42,44,46,48,50)/b12-11+. The summed E-state index contributed by atoms with van der Waals surface area (Å²) >= 11 is -4.80. The molecule has 2 atom stereocenters. The van der Waals surface area contributed by atoms with Crippen molar-refractivity contribution in [1.82, 2.24) is 29.9 Å². The molecule has 0 saturated carbocycles. The van der Waals surface area contributed by atoms with Crippen LogP contribution in [0.3, 0.4) is 0 Å². The Morgan fingerprint density at radius 3 is 1.18 bits per heavy atom. The number of rotatable bonds is 14. The molecule has 0 bridgehead atoms. The predicted molar refractivity (Wildman–Crippen MR) is 232 cm³/mol. The van der Waals surface area contributed by atoms with Crippen LogP contribution in [-0.2, 0) is 31.6 Å². The quantitative estimate of drug-likeness (QED) is 0.0543. The third kappa shape index (κ3) is 10.4. The Kier molecular flexibility index (Phi) is 12.8. The van der Waals surface area contributed by atoms with Gasteiger partial charge in [0.1, 0.15) is 0 Å². The molecule has 2 saturated heterocycles. The average molecular weight is 849 g/mol. The second kappa shape index (κ2) is 19.1. The van der Waals surface area contributed by atoms with Gasteiger partial charge in [0.15, 0.2) is 22.2 Å². The molecule has 2 aliphatic rings. The van der Waals surface area contributed by atoms with Gasteiger partial charge in [0.05, 0.1) is 36.2 Å². The Bertz CT molecular complexity index is 2340. The Labute approximate surface area is 350 Å². The van der Waals surface area contributed by atoms with Crippen molar-refractivity contribution in [2.24, 2.45) is 0 Å². The van der Waals surface area contributed by atoms with E-state index in [4.69, 9.17) is 9.47 Å². The molecule has 2 unspecified atom stereocenters. The topological polar surface area (TPSA) is 225 Å². The molecule has 0 spiro atoms. The number of anilines is 10. The third-order valence-corrected chi connectivity index (χ3v) is 10.7. The minimum atomic E-state index is -2.40. The Morgan fingerprint density at radius 2 is 0.833 bits per heavy atom. The van der Waals surface area contributed by atoms with E-state index < -0.39 is 22.2 Å². The fourth-order valence-corrected chi connectivity index (χ4v) is 7.43. The molecule has 18 nitrogen and oxygen atoms in total. The van der Waals surface area contributed by atoms with Crippen molar-refractivity contribution in [3.05, 3.63) is 108 Å². The molecule has 60 heavy (non-hydrogen) atoms. The van der Waals surface area contributed by atoms with Gasteiger partial charge in [-0.25, -0.2) is 8.42 Å². The van der Waals surface area contributed by atoms with Crippen molar-refractivity contribution >= 4 is 92.8 Å². The Balaban J connectivity index is 1.03. The van der Waals surface area contributed by atoms with Crippen LogP contribution in [0, 0.1) is 0 Å². The number of hydrogen-bond acceptors (Lipinski definition) is 16. The highest BCUT2D eigenvalue weighted by Crippen LogP contribution is 2.28. The first-order valence-electron chi connectivity index (χ1n) is 18.9. The van der Waals surface area contributed by atoms with Crippen LogP contribution >= 0.6 is 0 Å². The van der Waals surface area contributed by atoms with Gasteiger partial charge in [-0.1, -0.05) is 60.7 Å². The monoisotopic (exact) mass is 848 g/mol. The molecule has 8 rings (SSSR count). The van der Waals surface area contributed by atoms with Crippen LogP contribution < -0.4 is 31.1 Å². The molecule has 0 amide bonds. The van der Waals surface area contributed by atoms with Crippen LogP contribution in [-0.4, -0.2) is 100 Å². The van der Waals surface area contributed by atoms with E-state index in [9.17, 15) is 17.5 Å². The van der Waals surface area contributed by atoms with Gasteiger partial charge in [0.2, 0.25) is 35.7 Å². The number of morpholine rings is 2. The summed E-state index contributed by atoms with van der Waals surface area (Å²) in [5, 5.41) is 12.7. The van der Waals surface area contributed by atoms with Crippen LogP contribution in [0.4, 0.5) is 58.4 Å². The lowest BCUT2D eigenvalue weighted by atomic mass is 10.1. The van der Waals surface area contributed by atoms with E-state index in [1.54, 1.807) is 36.4 Å². The first kappa shape index (κ1) is 40.4. The molecule has 0 aliphatic carbocycles. The average Bonchev–Trinajstić information content (AvgIpc) is 3.27. The van der Waals surface area contributed by atoms with Gasteiger partial charge in [-0.2, -0.15) is 29.9 Å². The third-order valence-electron chi connectivity index (χ3n) is 9.25. The van der Waals surface area contributed by atoms with Crippen molar-refractivity contribution in [2.45, 2.75) is 9.79 Å². The maximum Gasteiger partial charge on any atom is 0.233 e. The number of benzene rings is 4. The van der Waals surface area contributed by atoms with E-state index in [0.717, 1.165) is 11.4 Å². The molecule has 2 aromatic heterocycles. The molecule has 308 valence electrons. The molecule has 0 radical (unpaired) electrons. The van der Waals surface area contributed by atoms with Crippen LogP contribution in [0.1, 0.15) is 11.1 Å². The normalized spacial score (nSPS) is 15.4. The zero-order chi connectivity index (χ0) is 41.3. The molecule has 4 heterocycles. The fraction of sp³-hybridized carbons (Fsp3) is 0.200. The van der Waals surface area contributed by atoms with Gasteiger partial charge in [0.25, 0.3) is 0 Å². The second-order valence-electron chi connectivity index (χ2n) is 13.3. The largest absolute Gasteiger partial charge is 0.378 e. The van der Waals surface area contributed by atoms with Crippen LogP contribution in [0.5, 0.6) is 0 Å². The van der Waals surface area contributed by atoms with Crippen molar-refractivity contribution in [2.75, 3.05) is 83.7 Å². The molecule has 2 fully saturated rings. The minimum Gasteiger partial charge on any atom is -0.378 e. The van der Waals surface area contributed by atoms with Crippen molar-refractivity contribution in [3.8, 4) is 0 Å². The van der Waals surface area contributed by atoms with Gasteiger partial charge < -0.3 is 49.6 Å². The SMILES string of the molecule is O=S(O)c1cc(Nc2nc(Nc3ccccc3)nc(N3CCOCC3)n2)ccc1/C=C/c1ccc(Nc2nc(Nc3ccccc3)nc(N3CCOCC3)n2)cc1S(=O)O. The van der Waals surface area contributed by atoms with E-state index >= 15 is 0 Å². The van der Waals surface area contributed by atoms with E-state index in [2.05, 4.69) is 51.2 Å². The van der Waals surface area contributed by atoms with Crippen molar-refractivity contribution < 1.29 is 27.0 Å². The smallest absolute Gasteiger partial charge is 0.233 e. The lowest BCUT2D eigenvalue weighted by Gasteiger charge is -2.27. The zero-order valence-corrected chi connectivity index (χ0v) is 33.6. The number of nitrogens with zero attached hydrogens (tertiary/aromatic N) is 8. The molecule has 20 heteroatoms. The summed E-state index contributed by atoms with van der Waals surface area (Å²) in [4.78, 5) is 31.9. The summed E-state index contributed by atoms with van der Waals surface area (Å²) in [7, 11) is 0. The number of hydrogen-bond donors (Lipinski definition) is 6. The highest BCUT2D eigenvalue weighted by Gasteiger charge is 2.20. The maximum atomic E-state index is 12.7. The molecule has 6 N–H and O–H groups in total. The number of para-hydroxylation sites is 2. The minimum absolute atomic E-state index is 0.0946. The summed E-state index contributed by atoms with van der Waals surface area (Å²) in [6.45, 7) is 4.59. The fourth-order valence-electron chi connectivity index (χ4n) is 6.30. The number of aromatic nitrogens is 6. The predicted octanol–water partition coefficient (Wildman–Crippen LogP) is 6.04. The van der Waals surface area contributed by atoms with Crippen LogP contribution in [0.15, 0.2) is 107 Å². The van der Waals surface area contributed by atoms with Crippen molar-refractivity contribution in [3.63, 3.8) is 0 Å². The highest BCUT2D eigenvalue weighted by molar-refractivity contribution is 7.79. The van der Waals surface area contributed by atoms with Gasteiger partial charge in [0, 0.05) is 48.9 Å². The van der Waals surface area contributed by atoms with E-state index in [0.29, 0.717) is 98.9 Å². The van der Waals surface area contributed by atoms with E-state index in [1.165, 1.54) is 12.1 Å². The first-order chi connectivity index (χ1) is 29.3. The Morgan fingerprint density at radius 1 is 0.483 bits per heavy atom. The van der Waals surface area contributed by atoms with Crippen molar-refractivity contribution in [1.29, 1.82) is 0 Å². The summed E-state index contributed by atoms with van der Waals surface area (Å²) in [6.07, 6.45) is 3.21. The second-order valence-corrected chi connectivity index (χ2v) is 15.2. The molecule has 4 aromatic carbocycles. The number of ether oxygens (including phenoxy) is 2. The summed E-state index contributed by atoms with van der Waals surface area (Å²) in [5.74, 6) is 2.00. The van der Waals surface area contributed by atoms with E-state index in [1.807, 2.05) is 70.5 Å². The lowest BCUT2D eigenvalue weighted by Crippen LogP contribution is -2.37. The van der Waals surface area contributed by atoms with Crippen LogP contribution in [0.2, 0.25) is 0 Å². The van der Waals surface area contributed by atoms with Gasteiger partial charge in [-0.15, -0.1) is 0 Å². The lowest BCUT2D eigenvalue weighted by molar-refractivity contribution is 0.122.